The van der Waals surface area contributed by atoms with Crippen molar-refractivity contribution >= 4 is 0 Å². The summed E-state index contributed by atoms with van der Waals surface area (Å²) in [5.74, 6) is 0. The molecule has 0 atom stereocenters. The maximum atomic E-state index is 3.19. The van der Waals surface area contributed by atoms with E-state index in [-0.39, 0.29) is 80.3 Å². The van der Waals surface area contributed by atoms with Gasteiger partial charge in [-0.25, -0.2) is 0 Å². The average molecular weight is 563 g/mol. The van der Waals surface area contributed by atoms with Gasteiger partial charge < -0.3 is 14.9 Å². The molecule has 0 aliphatic rings. The molecule has 0 heterocycles. The van der Waals surface area contributed by atoms with Crippen LogP contribution >= 0.6 is 0 Å². The molecule has 0 saturated heterocycles. The molecule has 0 nitrogen and oxygen atoms in total. The van der Waals surface area contributed by atoms with Crippen molar-refractivity contribution in [3.8, 4) is 0 Å². The van der Waals surface area contributed by atoms with Gasteiger partial charge in [-0.2, -0.15) is 70.8 Å². The first-order chi connectivity index (χ1) is 12.6. The van der Waals surface area contributed by atoms with Crippen molar-refractivity contribution in [1.29, 1.82) is 0 Å². The van der Waals surface area contributed by atoms with Crippen molar-refractivity contribution in [3.05, 3.63) is 85.6 Å². The van der Waals surface area contributed by atoms with Gasteiger partial charge in [-0.3, -0.25) is 0 Å². The van der Waals surface area contributed by atoms with Crippen LogP contribution in [0.3, 0.4) is 0 Å². The van der Waals surface area contributed by atoms with E-state index >= 15 is 0 Å². The number of hydrogen-bond donors (Lipinski definition) is 0. The second-order valence-corrected chi connectivity index (χ2v) is 6.30. The molecule has 0 aliphatic heterocycles. The SMILES string of the molecule is CCC.CCC.CCc1[c-]ccc(CC)c1.CCc1c[c-]cc(CC)c1.[CH3-].[CH3-].[Y].[Y]. The molecule has 170 valence electrons. The third-order valence-corrected chi connectivity index (χ3v) is 3.44. The van der Waals surface area contributed by atoms with Gasteiger partial charge in [0.2, 0.25) is 0 Å². The minimum absolute atomic E-state index is 0. The summed E-state index contributed by atoms with van der Waals surface area (Å²) >= 11 is 0. The zero-order valence-corrected chi connectivity index (χ0v) is 27.5. The third-order valence-electron chi connectivity index (χ3n) is 3.44. The van der Waals surface area contributed by atoms with Crippen LogP contribution in [-0.2, 0) is 91.1 Å². The molecule has 2 radical (unpaired) electrons. The maximum Gasteiger partial charge on any atom is 0 e. The molecule has 2 aromatic carbocycles. The average Bonchev–Trinajstić information content (AvgIpc) is 2.69. The summed E-state index contributed by atoms with van der Waals surface area (Å²) in [5.41, 5.74) is 5.51. The van der Waals surface area contributed by atoms with Crippen LogP contribution in [0, 0.1) is 27.0 Å². The van der Waals surface area contributed by atoms with E-state index in [2.05, 4.69) is 97.9 Å². The molecule has 0 N–H and O–H groups in total. The fourth-order valence-corrected chi connectivity index (χ4v) is 1.98. The van der Waals surface area contributed by atoms with Crippen LogP contribution in [0.1, 0.15) is 90.5 Å². The zero-order chi connectivity index (χ0) is 20.2. The van der Waals surface area contributed by atoms with Gasteiger partial charge in [0.25, 0.3) is 0 Å². The Bertz CT molecular complexity index is 448. The Morgan fingerprint density at radius 1 is 0.600 bits per heavy atom. The monoisotopic (exact) mass is 562 g/mol. The molecule has 2 rings (SSSR count). The number of aryl methyl sites for hydroxylation is 4. The number of rotatable bonds is 4. The van der Waals surface area contributed by atoms with Crippen LogP contribution in [0.25, 0.3) is 0 Å². The van der Waals surface area contributed by atoms with Gasteiger partial charge in [0.15, 0.2) is 0 Å². The minimum atomic E-state index is 0. The van der Waals surface area contributed by atoms with Gasteiger partial charge in [-0.05, 0) is 0 Å². The molecular weight excluding hydrogens is 514 g/mol. The van der Waals surface area contributed by atoms with E-state index in [0.717, 1.165) is 25.7 Å². The normalized spacial score (nSPS) is 7.73. The molecule has 0 amide bonds. The Morgan fingerprint density at radius 2 is 1.00 bits per heavy atom. The van der Waals surface area contributed by atoms with Crippen molar-refractivity contribution in [1.82, 2.24) is 0 Å². The maximum absolute atomic E-state index is 3.19. The van der Waals surface area contributed by atoms with E-state index in [0.29, 0.717) is 0 Å². The summed E-state index contributed by atoms with van der Waals surface area (Å²) in [6, 6.07) is 19.0. The Hall–Kier alpha value is 0.648. The van der Waals surface area contributed by atoms with Crippen LogP contribution < -0.4 is 0 Å². The second-order valence-electron chi connectivity index (χ2n) is 6.30. The van der Waals surface area contributed by atoms with E-state index in [1.807, 2.05) is 6.07 Å². The van der Waals surface area contributed by atoms with Gasteiger partial charge in [0.1, 0.15) is 0 Å². The van der Waals surface area contributed by atoms with Crippen molar-refractivity contribution in [2.45, 2.75) is 93.9 Å². The molecule has 0 spiro atoms. The molecule has 0 aromatic heterocycles. The van der Waals surface area contributed by atoms with Crippen molar-refractivity contribution < 1.29 is 65.4 Å². The van der Waals surface area contributed by atoms with Crippen LogP contribution in [0.15, 0.2) is 36.4 Å². The topological polar surface area (TPSA) is 0 Å². The molecule has 2 heteroatoms. The molecule has 0 aliphatic carbocycles. The molecule has 0 fully saturated rings. The number of benzene rings is 2. The summed E-state index contributed by atoms with van der Waals surface area (Å²) in [7, 11) is 0. The largest absolute Gasteiger partial charge is 0.358 e. The van der Waals surface area contributed by atoms with Gasteiger partial charge in [0.05, 0.1) is 0 Å². The molecular formula is C28H48Y2-4. The quantitative estimate of drug-likeness (QED) is 0.327. The van der Waals surface area contributed by atoms with E-state index in [4.69, 9.17) is 0 Å². The van der Waals surface area contributed by atoms with Gasteiger partial charge >= 0.3 is 0 Å². The Kier molecular flexibility index (Phi) is 50.6. The minimum Gasteiger partial charge on any atom is -0.358 e. The molecule has 0 saturated carbocycles. The van der Waals surface area contributed by atoms with E-state index in [1.54, 1.807) is 0 Å². The van der Waals surface area contributed by atoms with Crippen molar-refractivity contribution in [3.63, 3.8) is 0 Å². The van der Waals surface area contributed by atoms with Gasteiger partial charge in [-0.1, -0.05) is 93.9 Å². The third kappa shape index (κ3) is 26.7. The Morgan fingerprint density at radius 3 is 1.33 bits per heavy atom. The van der Waals surface area contributed by atoms with E-state index < -0.39 is 0 Å². The second kappa shape index (κ2) is 34.3. The zero-order valence-electron chi connectivity index (χ0n) is 21.9. The molecule has 0 bridgehead atoms. The Balaban J connectivity index is -0.0000000689. The molecule has 0 unspecified atom stereocenters. The van der Waals surface area contributed by atoms with Gasteiger partial charge in [0, 0.05) is 65.4 Å². The first kappa shape index (κ1) is 44.3. The number of hydrogen-bond acceptors (Lipinski definition) is 0. The summed E-state index contributed by atoms with van der Waals surface area (Å²) < 4.78 is 0. The molecule has 30 heavy (non-hydrogen) atoms. The summed E-state index contributed by atoms with van der Waals surface area (Å²) in [5, 5.41) is 0. The van der Waals surface area contributed by atoms with Crippen LogP contribution in [0.5, 0.6) is 0 Å². The molecule has 2 aromatic rings. The fourth-order valence-electron chi connectivity index (χ4n) is 1.98. The summed E-state index contributed by atoms with van der Waals surface area (Å²) in [4.78, 5) is 0. The summed E-state index contributed by atoms with van der Waals surface area (Å²) in [6.45, 7) is 17.2. The predicted molar refractivity (Wildman–Crippen MR) is 133 cm³/mol. The predicted octanol–water partition coefficient (Wildman–Crippen LogP) is 8.95. The Labute approximate surface area is 242 Å². The van der Waals surface area contributed by atoms with Crippen molar-refractivity contribution in [2.75, 3.05) is 0 Å². The van der Waals surface area contributed by atoms with Gasteiger partial charge in [-0.15, -0.1) is 0 Å². The van der Waals surface area contributed by atoms with E-state index in [9.17, 15) is 0 Å². The first-order valence-corrected chi connectivity index (χ1v) is 10.5. The smallest absolute Gasteiger partial charge is 0 e. The first-order valence-electron chi connectivity index (χ1n) is 10.5. The van der Waals surface area contributed by atoms with E-state index in [1.165, 1.54) is 35.1 Å². The fraction of sp³-hybridized carbons (Fsp3) is 0.500. The van der Waals surface area contributed by atoms with Crippen LogP contribution in [0.4, 0.5) is 0 Å². The van der Waals surface area contributed by atoms with Crippen molar-refractivity contribution in [2.24, 2.45) is 0 Å². The standard InChI is InChI=1S/2C10H13.2C3H8.2CH3.2Y/c2*1-3-9-6-5-7-10(4-2)8-9;2*1-3-2;;;;/h6-8H,3-4H2,1-2H3;5-6,8H,3-4H2,1-2H3;2*3H2,1-2H3;2*1H3;;/q2*-1;;;2*-1;;. The summed E-state index contributed by atoms with van der Waals surface area (Å²) in [6.07, 6.45) is 6.95. The van der Waals surface area contributed by atoms with Crippen LogP contribution in [-0.4, -0.2) is 0 Å². The van der Waals surface area contributed by atoms with Crippen LogP contribution in [0.2, 0.25) is 0 Å².